The Morgan fingerprint density at radius 3 is 2.60 bits per heavy atom. The van der Waals surface area contributed by atoms with Gasteiger partial charge in [0.1, 0.15) is 5.75 Å². The van der Waals surface area contributed by atoms with Gasteiger partial charge in [-0.3, -0.25) is 4.68 Å². The van der Waals surface area contributed by atoms with Crippen LogP contribution in [0.25, 0.3) is 0 Å². The van der Waals surface area contributed by atoms with Crippen molar-refractivity contribution in [3.63, 3.8) is 0 Å². The molecule has 4 nitrogen and oxygen atoms in total. The van der Waals surface area contributed by atoms with Crippen molar-refractivity contribution in [1.82, 2.24) is 9.78 Å². The summed E-state index contributed by atoms with van der Waals surface area (Å²) in [7, 11) is 1.95. The van der Waals surface area contributed by atoms with Gasteiger partial charge >= 0.3 is 0 Å². The lowest BCUT2D eigenvalue weighted by Crippen LogP contribution is -2.01. The fourth-order valence-corrected chi connectivity index (χ4v) is 2.06. The number of hydrogen-bond acceptors (Lipinski definition) is 3. The van der Waals surface area contributed by atoms with E-state index < -0.39 is 0 Å². The normalized spacial score (nSPS) is 10.6. The molecular weight excluding hydrogens is 250 g/mol. The van der Waals surface area contributed by atoms with Gasteiger partial charge in [-0.25, -0.2) is 0 Å². The highest BCUT2D eigenvalue weighted by atomic mass is 16.5. The smallest absolute Gasteiger partial charge is 0.119 e. The first-order valence-electron chi connectivity index (χ1n) is 7.21. The molecule has 1 aromatic heterocycles. The average molecular weight is 273 g/mol. The third-order valence-corrected chi connectivity index (χ3v) is 3.12. The molecule has 0 aliphatic heterocycles. The zero-order valence-corrected chi connectivity index (χ0v) is 12.5. The van der Waals surface area contributed by atoms with Gasteiger partial charge in [0.25, 0.3) is 0 Å². The Morgan fingerprint density at radius 1 is 1.20 bits per heavy atom. The number of nitrogens with one attached hydrogen (secondary N) is 1. The van der Waals surface area contributed by atoms with E-state index in [0.717, 1.165) is 43.1 Å². The van der Waals surface area contributed by atoms with Crippen LogP contribution in [-0.4, -0.2) is 16.4 Å². The summed E-state index contributed by atoms with van der Waals surface area (Å²) in [5, 5.41) is 7.86. The maximum atomic E-state index is 5.58. The van der Waals surface area contributed by atoms with Crippen molar-refractivity contribution in [2.24, 2.45) is 7.05 Å². The van der Waals surface area contributed by atoms with Gasteiger partial charge in [0.15, 0.2) is 0 Å². The average Bonchev–Trinajstić information content (AvgIpc) is 2.84. The Balaban J connectivity index is 1.93. The molecule has 0 saturated heterocycles. The Bertz CT molecular complexity index is 531. The molecule has 0 fully saturated rings. The van der Waals surface area contributed by atoms with Crippen LogP contribution < -0.4 is 10.1 Å². The number of hydrogen-bond donors (Lipinski definition) is 1. The van der Waals surface area contributed by atoms with E-state index in [1.807, 2.05) is 30.1 Å². The van der Waals surface area contributed by atoms with Crippen LogP contribution in [-0.2, 0) is 20.0 Å². The molecule has 0 amide bonds. The van der Waals surface area contributed by atoms with Crippen LogP contribution in [0.4, 0.5) is 5.69 Å². The topological polar surface area (TPSA) is 39.1 Å². The molecule has 0 bridgehead atoms. The molecule has 2 aromatic rings. The summed E-state index contributed by atoms with van der Waals surface area (Å²) in [6, 6.07) is 8.24. The van der Waals surface area contributed by atoms with Gasteiger partial charge in [-0.15, -0.1) is 0 Å². The monoisotopic (exact) mass is 273 g/mol. The summed E-state index contributed by atoms with van der Waals surface area (Å²) in [6.07, 6.45) is 3.99. The van der Waals surface area contributed by atoms with E-state index >= 15 is 0 Å². The molecule has 0 saturated carbocycles. The van der Waals surface area contributed by atoms with Crippen LogP contribution in [0.1, 0.15) is 31.5 Å². The van der Waals surface area contributed by atoms with Crippen LogP contribution in [0.5, 0.6) is 5.75 Å². The molecular formula is C16H23N3O. The van der Waals surface area contributed by atoms with Crippen LogP contribution in [0.2, 0.25) is 0 Å². The standard InChI is InChI=1S/C16H23N3O/c1-4-10-20-14-8-6-13(7-9-14)11-17-16-12-19(3)18-15(16)5-2/h6-9,12,17H,4-5,10-11H2,1-3H3. The summed E-state index contributed by atoms with van der Waals surface area (Å²) in [4.78, 5) is 0. The fourth-order valence-electron chi connectivity index (χ4n) is 2.06. The van der Waals surface area contributed by atoms with Crippen LogP contribution in [0.15, 0.2) is 30.5 Å². The van der Waals surface area contributed by atoms with Crippen LogP contribution in [0, 0.1) is 0 Å². The minimum Gasteiger partial charge on any atom is -0.494 e. The van der Waals surface area contributed by atoms with E-state index in [2.05, 4.69) is 36.4 Å². The molecule has 0 spiro atoms. The van der Waals surface area contributed by atoms with Gasteiger partial charge in [-0.2, -0.15) is 5.10 Å². The van der Waals surface area contributed by atoms with Crippen molar-refractivity contribution in [3.05, 3.63) is 41.7 Å². The predicted molar refractivity (Wildman–Crippen MR) is 82.1 cm³/mol. The summed E-state index contributed by atoms with van der Waals surface area (Å²) >= 11 is 0. The minimum absolute atomic E-state index is 0.771. The van der Waals surface area contributed by atoms with Crippen LogP contribution in [0.3, 0.4) is 0 Å². The molecule has 108 valence electrons. The molecule has 1 heterocycles. The maximum Gasteiger partial charge on any atom is 0.119 e. The van der Waals surface area contributed by atoms with Crippen LogP contribution >= 0.6 is 0 Å². The molecule has 0 atom stereocenters. The first-order valence-corrected chi connectivity index (χ1v) is 7.21. The Labute approximate surface area is 120 Å². The first kappa shape index (κ1) is 14.4. The van der Waals surface area contributed by atoms with E-state index in [4.69, 9.17) is 4.74 Å². The lowest BCUT2D eigenvalue weighted by molar-refractivity contribution is 0.317. The number of aryl methyl sites for hydroxylation is 2. The number of rotatable bonds is 7. The lowest BCUT2D eigenvalue weighted by atomic mass is 10.2. The highest BCUT2D eigenvalue weighted by Crippen LogP contribution is 2.17. The lowest BCUT2D eigenvalue weighted by Gasteiger charge is -2.08. The van der Waals surface area contributed by atoms with Crippen molar-refractivity contribution in [2.75, 3.05) is 11.9 Å². The number of nitrogens with zero attached hydrogens (tertiary/aromatic N) is 2. The Hall–Kier alpha value is -1.97. The zero-order chi connectivity index (χ0) is 14.4. The molecule has 0 radical (unpaired) electrons. The number of ether oxygens (including phenoxy) is 1. The van der Waals surface area contributed by atoms with E-state index in [1.165, 1.54) is 5.56 Å². The van der Waals surface area contributed by atoms with E-state index in [0.29, 0.717) is 0 Å². The molecule has 0 aliphatic carbocycles. The minimum atomic E-state index is 0.771. The summed E-state index contributed by atoms with van der Waals surface area (Å²) < 4.78 is 7.43. The van der Waals surface area contributed by atoms with Gasteiger partial charge < -0.3 is 10.1 Å². The number of anilines is 1. The van der Waals surface area contributed by atoms with Gasteiger partial charge in [0.2, 0.25) is 0 Å². The molecule has 1 N–H and O–H groups in total. The first-order chi connectivity index (χ1) is 9.72. The van der Waals surface area contributed by atoms with Crippen molar-refractivity contribution >= 4 is 5.69 Å². The second-order valence-corrected chi connectivity index (χ2v) is 4.86. The predicted octanol–water partition coefficient (Wildman–Crippen LogP) is 3.38. The zero-order valence-electron chi connectivity index (χ0n) is 12.5. The van der Waals surface area contributed by atoms with Crippen molar-refractivity contribution in [2.45, 2.75) is 33.2 Å². The van der Waals surface area contributed by atoms with Crippen molar-refractivity contribution in [1.29, 1.82) is 0 Å². The van der Waals surface area contributed by atoms with Gasteiger partial charge in [0.05, 0.1) is 18.0 Å². The summed E-state index contributed by atoms with van der Waals surface area (Å²) in [5.74, 6) is 0.936. The highest BCUT2D eigenvalue weighted by Gasteiger charge is 2.05. The molecule has 0 aliphatic rings. The van der Waals surface area contributed by atoms with Gasteiger partial charge in [-0.1, -0.05) is 26.0 Å². The van der Waals surface area contributed by atoms with Crippen molar-refractivity contribution in [3.8, 4) is 5.75 Å². The third-order valence-electron chi connectivity index (χ3n) is 3.12. The molecule has 2 rings (SSSR count). The van der Waals surface area contributed by atoms with E-state index in [-0.39, 0.29) is 0 Å². The molecule has 20 heavy (non-hydrogen) atoms. The van der Waals surface area contributed by atoms with Crippen molar-refractivity contribution < 1.29 is 4.74 Å². The summed E-state index contributed by atoms with van der Waals surface area (Å²) in [5.41, 5.74) is 3.46. The second-order valence-electron chi connectivity index (χ2n) is 4.86. The Kier molecular flexibility index (Phi) is 5.04. The number of aromatic nitrogens is 2. The van der Waals surface area contributed by atoms with Gasteiger partial charge in [-0.05, 0) is 30.5 Å². The SMILES string of the molecule is CCCOc1ccc(CNc2cn(C)nc2CC)cc1. The third kappa shape index (κ3) is 3.76. The molecule has 1 aromatic carbocycles. The Morgan fingerprint density at radius 2 is 1.95 bits per heavy atom. The quantitative estimate of drug-likeness (QED) is 0.840. The molecule has 0 unspecified atom stereocenters. The summed E-state index contributed by atoms with van der Waals surface area (Å²) in [6.45, 7) is 5.80. The number of benzene rings is 1. The van der Waals surface area contributed by atoms with E-state index in [1.54, 1.807) is 0 Å². The van der Waals surface area contributed by atoms with E-state index in [9.17, 15) is 0 Å². The molecule has 4 heteroatoms. The fraction of sp³-hybridized carbons (Fsp3) is 0.438. The largest absolute Gasteiger partial charge is 0.494 e. The highest BCUT2D eigenvalue weighted by molar-refractivity contribution is 5.47. The second kappa shape index (κ2) is 6.98. The van der Waals surface area contributed by atoms with Gasteiger partial charge in [0, 0.05) is 19.8 Å². The maximum absolute atomic E-state index is 5.58.